The predicted octanol–water partition coefficient (Wildman–Crippen LogP) is 2.70. The molecular formula is C14H21ClN2O3S. The fourth-order valence-corrected chi connectivity index (χ4v) is 3.32. The van der Waals surface area contributed by atoms with Crippen molar-refractivity contribution >= 4 is 25.6 Å². The van der Waals surface area contributed by atoms with Gasteiger partial charge in [0.05, 0.1) is 0 Å². The molecule has 0 unspecified atom stereocenters. The molecular weight excluding hydrogens is 312 g/mol. The lowest BCUT2D eigenvalue weighted by Crippen LogP contribution is -2.35. The van der Waals surface area contributed by atoms with E-state index in [1.807, 2.05) is 6.92 Å². The zero-order valence-corrected chi connectivity index (χ0v) is 14.0. The van der Waals surface area contributed by atoms with E-state index in [1.54, 1.807) is 16.5 Å². The van der Waals surface area contributed by atoms with E-state index in [1.165, 1.54) is 18.7 Å². The van der Waals surface area contributed by atoms with Gasteiger partial charge in [-0.3, -0.25) is 4.79 Å². The first-order chi connectivity index (χ1) is 9.82. The fourth-order valence-electron chi connectivity index (χ4n) is 2.56. The summed E-state index contributed by atoms with van der Waals surface area (Å²) in [6, 6.07) is 1.37. The normalized spacial score (nSPS) is 15.8. The van der Waals surface area contributed by atoms with Gasteiger partial charge in [-0.15, -0.1) is 0 Å². The SMILES string of the molecule is CCCn1cc(S(=O)(=O)Cl)cc1C(=O)N(C)CC1CCC1. The summed E-state index contributed by atoms with van der Waals surface area (Å²) in [7, 11) is 3.32. The van der Waals surface area contributed by atoms with Crippen LogP contribution in [0.2, 0.25) is 0 Å². The molecule has 0 radical (unpaired) electrons. The molecule has 1 amide bonds. The monoisotopic (exact) mass is 332 g/mol. The predicted molar refractivity (Wildman–Crippen MR) is 82.1 cm³/mol. The van der Waals surface area contributed by atoms with Crippen molar-refractivity contribution in [3.05, 3.63) is 18.0 Å². The van der Waals surface area contributed by atoms with Crippen molar-refractivity contribution in [2.75, 3.05) is 13.6 Å². The molecule has 21 heavy (non-hydrogen) atoms. The van der Waals surface area contributed by atoms with E-state index in [2.05, 4.69) is 0 Å². The smallest absolute Gasteiger partial charge is 0.270 e. The number of amides is 1. The van der Waals surface area contributed by atoms with Gasteiger partial charge in [0.15, 0.2) is 0 Å². The quantitative estimate of drug-likeness (QED) is 0.752. The van der Waals surface area contributed by atoms with Crippen LogP contribution < -0.4 is 0 Å². The number of carbonyl (C=O) groups is 1. The Morgan fingerprint density at radius 1 is 1.48 bits per heavy atom. The van der Waals surface area contributed by atoms with Crippen LogP contribution in [-0.2, 0) is 15.6 Å². The number of nitrogens with zero attached hydrogens (tertiary/aromatic N) is 2. The minimum atomic E-state index is -3.82. The molecule has 0 aromatic carbocycles. The third-order valence-electron chi connectivity index (χ3n) is 3.94. The molecule has 0 spiro atoms. The van der Waals surface area contributed by atoms with Crippen LogP contribution in [0.25, 0.3) is 0 Å². The van der Waals surface area contributed by atoms with Crippen molar-refractivity contribution in [1.82, 2.24) is 9.47 Å². The highest BCUT2D eigenvalue weighted by Gasteiger charge is 2.25. The Bertz CT molecular complexity index is 620. The standard InChI is InChI=1S/C14H21ClN2O3S/c1-3-7-17-10-12(21(15,19)20)8-13(17)14(18)16(2)9-11-5-4-6-11/h8,10-11H,3-7,9H2,1-2H3. The third-order valence-corrected chi connectivity index (χ3v) is 5.26. The van der Waals surface area contributed by atoms with Crippen molar-refractivity contribution in [3.8, 4) is 0 Å². The van der Waals surface area contributed by atoms with Gasteiger partial charge in [0.1, 0.15) is 10.6 Å². The van der Waals surface area contributed by atoms with E-state index in [-0.39, 0.29) is 10.8 Å². The summed E-state index contributed by atoms with van der Waals surface area (Å²) in [6.07, 6.45) is 5.80. The number of hydrogen-bond donors (Lipinski definition) is 0. The minimum Gasteiger partial charge on any atom is -0.342 e. The van der Waals surface area contributed by atoms with E-state index in [0.29, 0.717) is 18.2 Å². The van der Waals surface area contributed by atoms with Crippen molar-refractivity contribution in [2.45, 2.75) is 44.0 Å². The number of rotatable bonds is 6. The van der Waals surface area contributed by atoms with Gasteiger partial charge in [0.25, 0.3) is 15.0 Å². The van der Waals surface area contributed by atoms with Crippen LogP contribution in [-0.4, -0.2) is 37.4 Å². The number of hydrogen-bond acceptors (Lipinski definition) is 3. The van der Waals surface area contributed by atoms with Crippen LogP contribution in [0.5, 0.6) is 0 Å². The maximum atomic E-state index is 12.5. The second-order valence-corrected chi connectivity index (χ2v) is 8.24. The van der Waals surface area contributed by atoms with Gasteiger partial charge in [-0.1, -0.05) is 13.3 Å². The van der Waals surface area contributed by atoms with Crippen molar-refractivity contribution in [1.29, 1.82) is 0 Å². The number of aryl methyl sites for hydroxylation is 1. The number of carbonyl (C=O) groups excluding carboxylic acids is 1. The third kappa shape index (κ3) is 3.80. The van der Waals surface area contributed by atoms with Gasteiger partial charge in [-0.25, -0.2) is 8.42 Å². The molecule has 1 aromatic heterocycles. The first-order valence-electron chi connectivity index (χ1n) is 7.23. The van der Waals surface area contributed by atoms with Crippen LogP contribution in [0.4, 0.5) is 0 Å². The molecule has 0 N–H and O–H groups in total. The van der Waals surface area contributed by atoms with E-state index >= 15 is 0 Å². The second kappa shape index (κ2) is 6.40. The van der Waals surface area contributed by atoms with Crippen molar-refractivity contribution in [3.63, 3.8) is 0 Å². The lowest BCUT2D eigenvalue weighted by molar-refractivity contribution is 0.0734. The molecule has 0 bridgehead atoms. The Kier molecular flexibility index (Phi) is 4.99. The van der Waals surface area contributed by atoms with E-state index in [9.17, 15) is 13.2 Å². The molecule has 0 saturated heterocycles. The molecule has 1 aromatic rings. The highest BCUT2D eigenvalue weighted by Crippen LogP contribution is 2.27. The lowest BCUT2D eigenvalue weighted by atomic mass is 9.85. The summed E-state index contributed by atoms with van der Waals surface area (Å²) in [4.78, 5) is 14.2. The minimum absolute atomic E-state index is 0.0157. The average molecular weight is 333 g/mol. The molecule has 0 aliphatic heterocycles. The Hall–Kier alpha value is -1.01. The molecule has 5 nitrogen and oxygen atoms in total. The van der Waals surface area contributed by atoms with Crippen molar-refractivity contribution in [2.24, 2.45) is 5.92 Å². The first-order valence-corrected chi connectivity index (χ1v) is 9.54. The second-order valence-electron chi connectivity index (χ2n) is 5.67. The Labute approximate surface area is 130 Å². The fraction of sp³-hybridized carbons (Fsp3) is 0.643. The van der Waals surface area contributed by atoms with Gasteiger partial charge in [-0.05, 0) is 31.2 Å². The maximum Gasteiger partial charge on any atom is 0.270 e. The summed E-state index contributed by atoms with van der Waals surface area (Å²) in [5, 5.41) is 0. The molecule has 2 rings (SSSR count). The van der Waals surface area contributed by atoms with Gasteiger partial charge in [0.2, 0.25) is 0 Å². The van der Waals surface area contributed by atoms with Gasteiger partial charge in [-0.2, -0.15) is 0 Å². The van der Waals surface area contributed by atoms with Crippen LogP contribution >= 0.6 is 10.7 Å². The number of halogens is 1. The Balaban J connectivity index is 2.23. The summed E-state index contributed by atoms with van der Waals surface area (Å²) >= 11 is 0. The van der Waals surface area contributed by atoms with E-state index < -0.39 is 9.05 Å². The molecule has 1 aliphatic carbocycles. The summed E-state index contributed by atoms with van der Waals surface area (Å²) in [5.74, 6) is 0.423. The molecule has 7 heteroatoms. The average Bonchev–Trinajstić information content (AvgIpc) is 2.77. The summed E-state index contributed by atoms with van der Waals surface area (Å²) in [6.45, 7) is 3.28. The van der Waals surface area contributed by atoms with Gasteiger partial charge >= 0.3 is 0 Å². The van der Waals surface area contributed by atoms with Gasteiger partial charge < -0.3 is 9.47 Å². The van der Waals surface area contributed by atoms with Crippen LogP contribution in [0.3, 0.4) is 0 Å². The Morgan fingerprint density at radius 3 is 2.62 bits per heavy atom. The molecule has 1 aliphatic rings. The highest BCUT2D eigenvalue weighted by molar-refractivity contribution is 8.13. The van der Waals surface area contributed by atoms with E-state index in [0.717, 1.165) is 25.8 Å². The summed E-state index contributed by atoms with van der Waals surface area (Å²) < 4.78 is 24.6. The highest BCUT2D eigenvalue weighted by atomic mass is 35.7. The summed E-state index contributed by atoms with van der Waals surface area (Å²) in [5.41, 5.74) is 0.387. The number of aromatic nitrogens is 1. The zero-order valence-electron chi connectivity index (χ0n) is 12.4. The molecule has 1 heterocycles. The Morgan fingerprint density at radius 2 is 2.14 bits per heavy atom. The van der Waals surface area contributed by atoms with E-state index in [4.69, 9.17) is 10.7 Å². The van der Waals surface area contributed by atoms with Gasteiger partial charge in [0, 0.05) is 37.0 Å². The lowest BCUT2D eigenvalue weighted by Gasteiger charge is -2.30. The zero-order chi connectivity index (χ0) is 15.6. The maximum absolute atomic E-state index is 12.5. The molecule has 118 valence electrons. The van der Waals surface area contributed by atoms with Crippen LogP contribution in [0.15, 0.2) is 17.2 Å². The topological polar surface area (TPSA) is 59.4 Å². The molecule has 1 saturated carbocycles. The first kappa shape index (κ1) is 16.4. The largest absolute Gasteiger partial charge is 0.342 e. The van der Waals surface area contributed by atoms with Crippen LogP contribution in [0, 0.1) is 5.92 Å². The molecule has 0 atom stereocenters. The van der Waals surface area contributed by atoms with Crippen molar-refractivity contribution < 1.29 is 13.2 Å². The van der Waals surface area contributed by atoms with Crippen LogP contribution in [0.1, 0.15) is 43.1 Å². The molecule has 1 fully saturated rings.